The molecule has 5 rings (SSSR count). The van der Waals surface area contributed by atoms with Crippen LogP contribution in [-0.4, -0.2) is 28.5 Å². The summed E-state index contributed by atoms with van der Waals surface area (Å²) in [6, 6.07) is 19.2. The minimum Gasteiger partial charge on any atom is -0.494 e. The predicted molar refractivity (Wildman–Crippen MR) is 147 cm³/mol. The Balaban J connectivity index is 1.40. The Labute approximate surface area is 220 Å². The number of hydrazone groups is 1. The van der Waals surface area contributed by atoms with Gasteiger partial charge in [0.05, 0.1) is 34.6 Å². The number of nitrogens with one attached hydrogen (secondary N) is 1. The molecule has 4 aromatic rings. The molecule has 0 bridgehead atoms. The Morgan fingerprint density at radius 2 is 1.95 bits per heavy atom. The Morgan fingerprint density at radius 1 is 1.19 bits per heavy atom. The maximum Gasteiger partial charge on any atom is 0.281 e. The third-order valence-corrected chi connectivity index (χ3v) is 7.56. The van der Waals surface area contributed by atoms with Gasteiger partial charge in [-0.1, -0.05) is 25.1 Å². The van der Waals surface area contributed by atoms with Crippen molar-refractivity contribution >= 4 is 23.5 Å². The number of hydrogen-bond acceptors (Lipinski definition) is 6. The Bertz CT molecular complexity index is 1410. The molecule has 2 heterocycles. The van der Waals surface area contributed by atoms with Crippen LogP contribution in [0.2, 0.25) is 0 Å². The van der Waals surface area contributed by atoms with E-state index in [-0.39, 0.29) is 5.91 Å². The van der Waals surface area contributed by atoms with Crippen LogP contribution in [0.1, 0.15) is 51.6 Å². The minimum absolute atomic E-state index is 0.203. The first-order valence-corrected chi connectivity index (χ1v) is 13.3. The summed E-state index contributed by atoms with van der Waals surface area (Å²) in [6.07, 6.45) is 4.85. The Morgan fingerprint density at radius 3 is 2.70 bits per heavy atom. The van der Waals surface area contributed by atoms with Crippen LogP contribution in [0.25, 0.3) is 5.69 Å². The fraction of sp³-hybridized carbons (Fsp3) is 0.276. The molecule has 0 saturated heterocycles. The second kappa shape index (κ2) is 11.0. The van der Waals surface area contributed by atoms with Gasteiger partial charge in [-0.25, -0.2) is 5.43 Å². The maximum atomic E-state index is 12.8. The van der Waals surface area contributed by atoms with Gasteiger partial charge in [0.15, 0.2) is 0 Å². The highest BCUT2D eigenvalue weighted by Crippen LogP contribution is 2.33. The molecular weight excluding hydrogens is 484 g/mol. The molecule has 7 nitrogen and oxygen atoms in total. The molecule has 1 aliphatic carbocycles. The number of rotatable bonds is 8. The van der Waals surface area contributed by atoms with Crippen LogP contribution in [0.15, 0.2) is 65.8 Å². The van der Waals surface area contributed by atoms with Gasteiger partial charge < -0.3 is 9.47 Å². The zero-order chi connectivity index (χ0) is 25.8. The van der Waals surface area contributed by atoms with Crippen molar-refractivity contribution in [3.63, 3.8) is 0 Å². The van der Waals surface area contributed by atoms with E-state index >= 15 is 0 Å². The van der Waals surface area contributed by atoms with Crippen molar-refractivity contribution in [2.75, 3.05) is 6.61 Å². The molecule has 0 spiro atoms. The number of ether oxygens (including phenoxy) is 2. The number of benzene rings is 2. The summed E-state index contributed by atoms with van der Waals surface area (Å²) in [5.41, 5.74) is 6.24. The molecular formula is C29H30N4O3S. The summed E-state index contributed by atoms with van der Waals surface area (Å²) >= 11 is 1.57. The standard InChI is InChI=1S/C29H30N4O3S/c1-4-35-23-11-13-24(14-12-23)36-29-25(20(3)32-33(29)22-8-6-5-7-9-22)18-30-31-28(34)27-17-21-16-19(2)10-15-26(21)37-27/h5-9,11-14,17-19H,4,10,15-16H2,1-3H3,(H,31,34)/b30-18-/t19-/m1/s1. The van der Waals surface area contributed by atoms with E-state index < -0.39 is 0 Å². The van der Waals surface area contributed by atoms with Crippen molar-refractivity contribution in [1.82, 2.24) is 15.2 Å². The summed E-state index contributed by atoms with van der Waals surface area (Å²) in [5, 5.41) is 8.97. The lowest BCUT2D eigenvalue weighted by atomic mass is 9.90. The number of hydrogen-bond donors (Lipinski definition) is 1. The SMILES string of the molecule is CCOc1ccc(Oc2c(/C=N\NC(=O)c3cc4c(s3)CC[C@@H](C)C4)c(C)nn2-c2ccccc2)cc1. The third kappa shape index (κ3) is 5.59. The van der Waals surface area contributed by atoms with E-state index in [2.05, 4.69) is 17.5 Å². The average molecular weight is 515 g/mol. The number of thiophene rings is 1. The maximum absolute atomic E-state index is 12.8. The fourth-order valence-electron chi connectivity index (χ4n) is 4.42. The molecule has 0 saturated carbocycles. The van der Waals surface area contributed by atoms with Crippen LogP contribution >= 0.6 is 11.3 Å². The topological polar surface area (TPSA) is 77.7 Å². The minimum atomic E-state index is -0.203. The van der Waals surface area contributed by atoms with Crippen LogP contribution in [0, 0.1) is 12.8 Å². The second-order valence-corrected chi connectivity index (χ2v) is 10.3. The number of carbonyl (C=O) groups excluding carboxylic acids is 1. The summed E-state index contributed by atoms with van der Waals surface area (Å²) in [6.45, 7) is 6.70. The number of carbonyl (C=O) groups is 1. The number of nitrogens with zero attached hydrogens (tertiary/aromatic N) is 3. The van der Waals surface area contributed by atoms with Crippen molar-refractivity contribution in [1.29, 1.82) is 0 Å². The van der Waals surface area contributed by atoms with Gasteiger partial charge >= 0.3 is 0 Å². The van der Waals surface area contributed by atoms with Gasteiger partial charge in [-0.15, -0.1) is 11.3 Å². The number of para-hydroxylation sites is 1. The molecule has 1 amide bonds. The first-order chi connectivity index (χ1) is 18.0. The van der Waals surface area contributed by atoms with E-state index in [1.807, 2.05) is 74.5 Å². The fourth-order valence-corrected chi connectivity index (χ4v) is 5.52. The molecule has 2 aromatic heterocycles. The van der Waals surface area contributed by atoms with Crippen LogP contribution < -0.4 is 14.9 Å². The molecule has 8 heteroatoms. The van der Waals surface area contributed by atoms with E-state index in [9.17, 15) is 4.79 Å². The quantitative estimate of drug-likeness (QED) is 0.220. The van der Waals surface area contributed by atoms with E-state index in [0.717, 1.165) is 30.0 Å². The Hall–Kier alpha value is -3.91. The number of amides is 1. The van der Waals surface area contributed by atoms with Gasteiger partial charge in [-0.3, -0.25) is 4.79 Å². The summed E-state index contributed by atoms with van der Waals surface area (Å²) in [5.74, 6) is 2.38. The lowest BCUT2D eigenvalue weighted by Gasteiger charge is -2.16. The molecule has 0 fully saturated rings. The lowest BCUT2D eigenvalue weighted by molar-refractivity contribution is 0.0959. The van der Waals surface area contributed by atoms with E-state index in [1.165, 1.54) is 16.9 Å². The van der Waals surface area contributed by atoms with Crippen molar-refractivity contribution in [3.05, 3.63) is 87.2 Å². The van der Waals surface area contributed by atoms with Crippen molar-refractivity contribution in [3.8, 4) is 23.1 Å². The summed E-state index contributed by atoms with van der Waals surface area (Å²) in [4.78, 5) is 14.8. The van der Waals surface area contributed by atoms with Gasteiger partial charge in [0.2, 0.25) is 5.88 Å². The highest BCUT2D eigenvalue weighted by atomic mass is 32.1. The van der Waals surface area contributed by atoms with Gasteiger partial charge in [0.1, 0.15) is 11.5 Å². The number of fused-ring (bicyclic) bond motifs is 1. The zero-order valence-corrected chi connectivity index (χ0v) is 22.0. The first kappa shape index (κ1) is 24.8. The molecule has 1 atom stereocenters. The normalized spacial score (nSPS) is 14.9. The largest absolute Gasteiger partial charge is 0.494 e. The van der Waals surface area contributed by atoms with E-state index in [1.54, 1.807) is 22.2 Å². The molecule has 190 valence electrons. The van der Waals surface area contributed by atoms with Crippen LogP contribution in [0.4, 0.5) is 0 Å². The molecule has 0 unspecified atom stereocenters. The molecule has 2 aromatic carbocycles. The molecule has 0 aliphatic heterocycles. The van der Waals surface area contributed by atoms with Crippen molar-refractivity contribution in [2.24, 2.45) is 11.0 Å². The molecule has 1 N–H and O–H groups in total. The van der Waals surface area contributed by atoms with Gasteiger partial charge in [-0.05, 0) is 87.1 Å². The zero-order valence-electron chi connectivity index (χ0n) is 21.2. The molecule has 1 aliphatic rings. The van der Waals surface area contributed by atoms with Crippen LogP contribution in [-0.2, 0) is 12.8 Å². The highest BCUT2D eigenvalue weighted by molar-refractivity contribution is 7.14. The monoisotopic (exact) mass is 514 g/mol. The lowest BCUT2D eigenvalue weighted by Crippen LogP contribution is -2.16. The van der Waals surface area contributed by atoms with Crippen LogP contribution in [0.5, 0.6) is 17.4 Å². The first-order valence-electron chi connectivity index (χ1n) is 12.5. The summed E-state index contributed by atoms with van der Waals surface area (Å²) in [7, 11) is 0. The molecule has 0 radical (unpaired) electrons. The van der Waals surface area contributed by atoms with Gasteiger partial charge in [0, 0.05) is 4.88 Å². The smallest absolute Gasteiger partial charge is 0.281 e. The Kier molecular flexibility index (Phi) is 7.37. The second-order valence-electron chi connectivity index (χ2n) is 9.16. The predicted octanol–water partition coefficient (Wildman–Crippen LogP) is 6.32. The molecule has 37 heavy (non-hydrogen) atoms. The van der Waals surface area contributed by atoms with Crippen molar-refractivity contribution < 1.29 is 14.3 Å². The van der Waals surface area contributed by atoms with E-state index in [4.69, 9.17) is 14.6 Å². The number of aryl methyl sites for hydroxylation is 2. The van der Waals surface area contributed by atoms with Gasteiger partial charge in [0.25, 0.3) is 5.91 Å². The number of aromatic nitrogens is 2. The third-order valence-electron chi connectivity index (χ3n) is 6.33. The average Bonchev–Trinajstić information content (AvgIpc) is 3.46. The van der Waals surface area contributed by atoms with E-state index in [0.29, 0.717) is 34.6 Å². The van der Waals surface area contributed by atoms with Gasteiger partial charge in [-0.2, -0.15) is 14.9 Å². The van der Waals surface area contributed by atoms with Crippen molar-refractivity contribution in [2.45, 2.75) is 40.0 Å². The summed E-state index contributed by atoms with van der Waals surface area (Å²) < 4.78 is 13.6. The van der Waals surface area contributed by atoms with Crippen LogP contribution in [0.3, 0.4) is 0 Å². The highest BCUT2D eigenvalue weighted by Gasteiger charge is 2.21.